The Morgan fingerprint density at radius 1 is 1.38 bits per heavy atom. The van der Waals surface area contributed by atoms with Crippen LogP contribution in [0.1, 0.15) is 5.56 Å². The third kappa shape index (κ3) is 3.53. The third-order valence-corrected chi connectivity index (χ3v) is 3.41. The molecule has 0 saturated heterocycles. The maximum Gasteiger partial charge on any atom is 0.213 e. The molecule has 0 fully saturated rings. The van der Waals surface area contributed by atoms with E-state index in [1.807, 2.05) is 6.07 Å². The summed E-state index contributed by atoms with van der Waals surface area (Å²) in [4.78, 5) is 0. The normalized spacial score (nSPS) is 10.8. The van der Waals surface area contributed by atoms with E-state index < -0.39 is 10.0 Å². The van der Waals surface area contributed by atoms with Crippen molar-refractivity contribution >= 4 is 15.7 Å². The lowest BCUT2D eigenvalue weighted by atomic mass is 10.2. The molecule has 1 aromatic carbocycles. The molecule has 0 spiro atoms. The molecule has 0 aromatic heterocycles. The van der Waals surface area contributed by atoms with Crippen LogP contribution in [0.2, 0.25) is 0 Å². The summed E-state index contributed by atoms with van der Waals surface area (Å²) in [6.45, 7) is 0.266. The van der Waals surface area contributed by atoms with Gasteiger partial charge in [-0.15, -0.1) is 0 Å². The first-order valence-electron chi connectivity index (χ1n) is 4.73. The number of rotatable bonds is 5. The van der Waals surface area contributed by atoms with Gasteiger partial charge in [-0.3, -0.25) is 0 Å². The van der Waals surface area contributed by atoms with Crippen molar-refractivity contribution in [1.82, 2.24) is 4.72 Å². The standard InChI is InChI=1S/C10H13N3O2S/c1-12-16(14,15)7-6-13-10-5-3-2-4-9(10)8-11/h2-5,12-13H,6-7H2,1H3. The van der Waals surface area contributed by atoms with Crippen LogP contribution in [-0.2, 0) is 10.0 Å². The maximum absolute atomic E-state index is 11.1. The Kier molecular flexibility index (Phi) is 4.28. The van der Waals surface area contributed by atoms with Crippen molar-refractivity contribution in [3.8, 4) is 6.07 Å². The Balaban J connectivity index is 2.60. The van der Waals surface area contributed by atoms with E-state index in [2.05, 4.69) is 10.0 Å². The Morgan fingerprint density at radius 3 is 2.69 bits per heavy atom. The number of hydrogen-bond donors (Lipinski definition) is 2. The van der Waals surface area contributed by atoms with Crippen LogP contribution in [0.5, 0.6) is 0 Å². The first-order chi connectivity index (χ1) is 7.59. The fourth-order valence-electron chi connectivity index (χ4n) is 1.16. The van der Waals surface area contributed by atoms with Gasteiger partial charge < -0.3 is 5.32 Å². The van der Waals surface area contributed by atoms with Crippen LogP contribution < -0.4 is 10.0 Å². The molecule has 1 aromatic rings. The van der Waals surface area contributed by atoms with E-state index in [1.54, 1.807) is 24.3 Å². The van der Waals surface area contributed by atoms with Gasteiger partial charge in [0.2, 0.25) is 10.0 Å². The molecule has 0 aliphatic rings. The number of sulfonamides is 1. The van der Waals surface area contributed by atoms with Gasteiger partial charge in [0.05, 0.1) is 17.0 Å². The number of nitrogens with one attached hydrogen (secondary N) is 2. The molecule has 0 saturated carbocycles. The van der Waals surface area contributed by atoms with Crippen molar-refractivity contribution in [2.45, 2.75) is 0 Å². The summed E-state index contributed by atoms with van der Waals surface area (Å²) in [7, 11) is -1.83. The van der Waals surface area contributed by atoms with Crippen LogP contribution in [0.15, 0.2) is 24.3 Å². The molecule has 0 aliphatic heterocycles. The summed E-state index contributed by atoms with van der Waals surface area (Å²) in [6, 6.07) is 8.99. The fraction of sp³-hybridized carbons (Fsp3) is 0.300. The predicted octanol–water partition coefficient (Wildman–Crippen LogP) is 0.519. The summed E-state index contributed by atoms with van der Waals surface area (Å²) < 4.78 is 24.5. The van der Waals surface area contributed by atoms with Crippen LogP contribution in [0.3, 0.4) is 0 Å². The number of benzene rings is 1. The SMILES string of the molecule is CNS(=O)(=O)CCNc1ccccc1C#N. The minimum atomic E-state index is -3.20. The maximum atomic E-state index is 11.1. The minimum absolute atomic E-state index is 0.0245. The molecule has 0 aliphatic carbocycles. The average molecular weight is 239 g/mol. The summed E-state index contributed by atoms with van der Waals surface area (Å²) in [5, 5.41) is 11.7. The molecule has 0 unspecified atom stereocenters. The van der Waals surface area contributed by atoms with Crippen molar-refractivity contribution in [1.29, 1.82) is 5.26 Å². The summed E-state index contributed by atoms with van der Waals surface area (Å²) in [5.74, 6) is -0.0245. The molecule has 16 heavy (non-hydrogen) atoms. The van der Waals surface area contributed by atoms with Gasteiger partial charge in [0.25, 0.3) is 0 Å². The van der Waals surface area contributed by atoms with Crippen LogP contribution >= 0.6 is 0 Å². The van der Waals surface area contributed by atoms with Crippen LogP contribution in [0, 0.1) is 11.3 Å². The van der Waals surface area contributed by atoms with Gasteiger partial charge >= 0.3 is 0 Å². The zero-order valence-corrected chi connectivity index (χ0v) is 9.71. The highest BCUT2D eigenvalue weighted by molar-refractivity contribution is 7.89. The highest BCUT2D eigenvalue weighted by Crippen LogP contribution is 2.12. The van der Waals surface area contributed by atoms with Crippen LogP contribution in [0.4, 0.5) is 5.69 Å². The number of para-hydroxylation sites is 1. The molecule has 0 amide bonds. The second-order valence-corrected chi connectivity index (χ2v) is 5.15. The molecule has 86 valence electrons. The largest absolute Gasteiger partial charge is 0.383 e. The van der Waals surface area contributed by atoms with Crippen molar-refractivity contribution in [3.63, 3.8) is 0 Å². The molecule has 5 nitrogen and oxygen atoms in total. The van der Waals surface area contributed by atoms with E-state index in [9.17, 15) is 8.42 Å². The van der Waals surface area contributed by atoms with Crippen LogP contribution in [0.25, 0.3) is 0 Å². The van der Waals surface area contributed by atoms with Gasteiger partial charge in [-0.25, -0.2) is 13.1 Å². The zero-order chi connectivity index (χ0) is 12.0. The lowest BCUT2D eigenvalue weighted by Crippen LogP contribution is -2.26. The Morgan fingerprint density at radius 2 is 2.06 bits per heavy atom. The first-order valence-corrected chi connectivity index (χ1v) is 6.38. The summed E-state index contributed by atoms with van der Waals surface area (Å²) in [6.07, 6.45) is 0. The molecular weight excluding hydrogens is 226 g/mol. The lowest BCUT2D eigenvalue weighted by molar-refractivity contribution is 0.588. The molecular formula is C10H13N3O2S. The number of nitriles is 1. The second-order valence-electron chi connectivity index (χ2n) is 3.11. The predicted molar refractivity (Wildman–Crippen MR) is 62.5 cm³/mol. The van der Waals surface area contributed by atoms with Gasteiger partial charge in [0.15, 0.2) is 0 Å². The summed E-state index contributed by atoms with van der Waals surface area (Å²) >= 11 is 0. The second kappa shape index (κ2) is 5.49. The Labute approximate surface area is 95.1 Å². The Hall–Kier alpha value is -1.58. The van der Waals surface area contributed by atoms with E-state index in [1.165, 1.54) is 7.05 Å². The van der Waals surface area contributed by atoms with Gasteiger partial charge in [0.1, 0.15) is 6.07 Å². The fourth-order valence-corrected chi connectivity index (χ4v) is 1.73. The monoisotopic (exact) mass is 239 g/mol. The first kappa shape index (κ1) is 12.5. The van der Waals surface area contributed by atoms with Gasteiger partial charge in [-0.2, -0.15) is 5.26 Å². The number of nitrogens with zero attached hydrogens (tertiary/aromatic N) is 1. The zero-order valence-electron chi connectivity index (χ0n) is 8.90. The van der Waals surface area contributed by atoms with Crippen molar-refractivity contribution in [3.05, 3.63) is 29.8 Å². The lowest BCUT2D eigenvalue weighted by Gasteiger charge is -2.07. The van der Waals surface area contributed by atoms with Crippen molar-refractivity contribution < 1.29 is 8.42 Å². The topological polar surface area (TPSA) is 82.0 Å². The highest BCUT2D eigenvalue weighted by atomic mass is 32.2. The number of hydrogen-bond acceptors (Lipinski definition) is 4. The molecule has 0 radical (unpaired) electrons. The molecule has 2 N–H and O–H groups in total. The van der Waals surface area contributed by atoms with Crippen molar-refractivity contribution in [2.75, 3.05) is 24.7 Å². The molecule has 0 bridgehead atoms. The van der Waals surface area contributed by atoms with Gasteiger partial charge in [-0.1, -0.05) is 12.1 Å². The average Bonchev–Trinajstić information content (AvgIpc) is 2.29. The molecule has 0 atom stereocenters. The van der Waals surface area contributed by atoms with Crippen LogP contribution in [-0.4, -0.2) is 27.8 Å². The smallest absolute Gasteiger partial charge is 0.213 e. The Bertz CT molecular complexity index is 491. The van der Waals surface area contributed by atoms with E-state index in [-0.39, 0.29) is 12.3 Å². The molecule has 0 heterocycles. The molecule has 6 heteroatoms. The van der Waals surface area contributed by atoms with Crippen molar-refractivity contribution in [2.24, 2.45) is 0 Å². The quantitative estimate of drug-likeness (QED) is 0.784. The van der Waals surface area contributed by atoms with Gasteiger partial charge in [0, 0.05) is 6.54 Å². The highest BCUT2D eigenvalue weighted by Gasteiger charge is 2.06. The van der Waals surface area contributed by atoms with E-state index in [0.717, 1.165) is 0 Å². The minimum Gasteiger partial charge on any atom is -0.383 e. The van der Waals surface area contributed by atoms with E-state index >= 15 is 0 Å². The van der Waals surface area contributed by atoms with E-state index in [0.29, 0.717) is 11.3 Å². The van der Waals surface area contributed by atoms with Gasteiger partial charge in [-0.05, 0) is 19.2 Å². The number of anilines is 1. The van der Waals surface area contributed by atoms with E-state index in [4.69, 9.17) is 5.26 Å². The summed E-state index contributed by atoms with van der Waals surface area (Å²) in [5.41, 5.74) is 1.15. The third-order valence-electron chi connectivity index (χ3n) is 2.04. The molecule has 1 rings (SSSR count).